The second-order valence-electron chi connectivity index (χ2n) is 4.47. The first-order valence-electron chi connectivity index (χ1n) is 6.17. The van der Waals surface area contributed by atoms with Crippen molar-refractivity contribution in [1.82, 2.24) is 9.80 Å². The number of hydrogen-bond donors (Lipinski definition) is 0. The molecule has 0 aliphatic carbocycles. The molecule has 2 amide bonds. The normalized spacial score (nSPS) is 17.5. The molecule has 1 aromatic rings. The van der Waals surface area contributed by atoms with E-state index in [0.29, 0.717) is 43.2 Å². The standard InChI is InChI=1S/C13H14N2O4/c16-8-14-4-6-15(7-5-14)13(17)10-2-1-3-11-12(10)19-9-18-11/h1-3,8H,4-7,9H2. The molecule has 6 heteroatoms. The number of amides is 2. The maximum Gasteiger partial charge on any atom is 0.257 e. The van der Waals surface area contributed by atoms with E-state index in [4.69, 9.17) is 9.47 Å². The van der Waals surface area contributed by atoms with E-state index >= 15 is 0 Å². The van der Waals surface area contributed by atoms with Crippen LogP contribution >= 0.6 is 0 Å². The minimum Gasteiger partial charge on any atom is -0.454 e. The Kier molecular flexibility index (Phi) is 2.98. The summed E-state index contributed by atoms with van der Waals surface area (Å²) in [5, 5.41) is 0. The van der Waals surface area contributed by atoms with Gasteiger partial charge in [-0.25, -0.2) is 0 Å². The second kappa shape index (κ2) is 4.79. The number of fused-ring (bicyclic) bond motifs is 1. The van der Waals surface area contributed by atoms with Crippen LogP contribution in [-0.2, 0) is 4.79 Å². The van der Waals surface area contributed by atoms with Crippen molar-refractivity contribution in [2.24, 2.45) is 0 Å². The molecule has 0 aromatic heterocycles. The zero-order chi connectivity index (χ0) is 13.2. The smallest absolute Gasteiger partial charge is 0.257 e. The van der Waals surface area contributed by atoms with Crippen LogP contribution in [-0.4, -0.2) is 55.1 Å². The minimum atomic E-state index is -0.0760. The van der Waals surface area contributed by atoms with Crippen LogP contribution in [0.15, 0.2) is 18.2 Å². The molecule has 0 bridgehead atoms. The monoisotopic (exact) mass is 262 g/mol. The van der Waals surface area contributed by atoms with Crippen LogP contribution in [0, 0.1) is 0 Å². The lowest BCUT2D eigenvalue weighted by molar-refractivity contribution is -0.119. The van der Waals surface area contributed by atoms with Gasteiger partial charge in [-0.15, -0.1) is 0 Å². The van der Waals surface area contributed by atoms with Gasteiger partial charge in [0.25, 0.3) is 5.91 Å². The van der Waals surface area contributed by atoms with Crippen LogP contribution in [0.1, 0.15) is 10.4 Å². The van der Waals surface area contributed by atoms with Gasteiger partial charge in [-0.3, -0.25) is 9.59 Å². The highest BCUT2D eigenvalue weighted by molar-refractivity contribution is 5.98. The molecule has 1 fully saturated rings. The molecule has 100 valence electrons. The lowest BCUT2D eigenvalue weighted by atomic mass is 10.1. The van der Waals surface area contributed by atoms with Gasteiger partial charge in [0, 0.05) is 26.2 Å². The Hall–Kier alpha value is -2.24. The molecule has 1 aromatic carbocycles. The molecule has 2 aliphatic heterocycles. The number of carbonyl (C=O) groups excluding carboxylic acids is 2. The summed E-state index contributed by atoms with van der Waals surface area (Å²) in [7, 11) is 0. The Morgan fingerprint density at radius 3 is 2.68 bits per heavy atom. The summed E-state index contributed by atoms with van der Waals surface area (Å²) in [6.07, 6.45) is 0.818. The summed E-state index contributed by atoms with van der Waals surface area (Å²) in [5.74, 6) is 1.05. The van der Waals surface area contributed by atoms with Crippen LogP contribution in [0.3, 0.4) is 0 Å². The molecule has 19 heavy (non-hydrogen) atoms. The summed E-state index contributed by atoms with van der Waals surface area (Å²) >= 11 is 0. The molecule has 0 spiro atoms. The minimum absolute atomic E-state index is 0.0760. The summed E-state index contributed by atoms with van der Waals surface area (Å²) in [6, 6.07) is 5.30. The van der Waals surface area contributed by atoms with Gasteiger partial charge in [-0.1, -0.05) is 6.07 Å². The molecule has 1 saturated heterocycles. The van der Waals surface area contributed by atoms with E-state index in [9.17, 15) is 9.59 Å². The molecular formula is C13H14N2O4. The Bertz CT molecular complexity index is 509. The van der Waals surface area contributed by atoms with Crippen molar-refractivity contribution >= 4 is 12.3 Å². The van der Waals surface area contributed by atoms with E-state index in [0.717, 1.165) is 6.41 Å². The molecular weight excluding hydrogens is 248 g/mol. The summed E-state index contributed by atoms with van der Waals surface area (Å²) in [4.78, 5) is 26.5. The zero-order valence-electron chi connectivity index (χ0n) is 10.4. The van der Waals surface area contributed by atoms with Crippen LogP contribution in [0.5, 0.6) is 11.5 Å². The van der Waals surface area contributed by atoms with Gasteiger partial charge in [0.05, 0.1) is 5.56 Å². The molecule has 0 N–H and O–H groups in total. The van der Waals surface area contributed by atoms with Gasteiger partial charge in [0.2, 0.25) is 13.2 Å². The van der Waals surface area contributed by atoms with Crippen LogP contribution in [0.2, 0.25) is 0 Å². The zero-order valence-corrected chi connectivity index (χ0v) is 10.4. The number of benzene rings is 1. The predicted molar refractivity (Wildman–Crippen MR) is 66.1 cm³/mol. The van der Waals surface area contributed by atoms with E-state index in [-0.39, 0.29) is 12.7 Å². The SMILES string of the molecule is O=CN1CCN(C(=O)c2cccc3c2OCO3)CC1. The predicted octanol–water partition coefficient (Wildman–Crippen LogP) is 0.329. The van der Waals surface area contributed by atoms with E-state index < -0.39 is 0 Å². The summed E-state index contributed by atoms with van der Waals surface area (Å²) in [6.45, 7) is 2.38. The molecule has 2 heterocycles. The highest BCUT2D eigenvalue weighted by Gasteiger charge is 2.27. The fourth-order valence-corrected chi connectivity index (χ4v) is 2.30. The lowest BCUT2D eigenvalue weighted by Gasteiger charge is -2.32. The van der Waals surface area contributed by atoms with Crippen molar-refractivity contribution in [1.29, 1.82) is 0 Å². The number of para-hydroxylation sites is 1. The van der Waals surface area contributed by atoms with E-state index in [1.807, 2.05) is 0 Å². The van der Waals surface area contributed by atoms with Gasteiger partial charge in [0.15, 0.2) is 11.5 Å². The van der Waals surface area contributed by atoms with Gasteiger partial charge >= 0.3 is 0 Å². The first-order chi connectivity index (χ1) is 9.29. The fraction of sp³-hybridized carbons (Fsp3) is 0.385. The molecule has 0 atom stereocenters. The average molecular weight is 262 g/mol. The largest absolute Gasteiger partial charge is 0.454 e. The Morgan fingerprint density at radius 2 is 1.95 bits per heavy atom. The number of rotatable bonds is 2. The third-order valence-electron chi connectivity index (χ3n) is 3.38. The molecule has 2 aliphatic rings. The van der Waals surface area contributed by atoms with E-state index in [1.165, 1.54) is 0 Å². The highest BCUT2D eigenvalue weighted by atomic mass is 16.7. The van der Waals surface area contributed by atoms with Crippen molar-refractivity contribution in [3.8, 4) is 11.5 Å². The number of nitrogens with zero attached hydrogens (tertiary/aromatic N) is 2. The van der Waals surface area contributed by atoms with Crippen LogP contribution in [0.4, 0.5) is 0 Å². The quantitative estimate of drug-likeness (QED) is 0.721. The number of hydrogen-bond acceptors (Lipinski definition) is 4. The Labute approximate surface area is 110 Å². The van der Waals surface area contributed by atoms with Crippen LogP contribution < -0.4 is 9.47 Å². The Morgan fingerprint density at radius 1 is 1.16 bits per heavy atom. The highest BCUT2D eigenvalue weighted by Crippen LogP contribution is 2.35. The van der Waals surface area contributed by atoms with Gasteiger partial charge in [-0.05, 0) is 12.1 Å². The maximum absolute atomic E-state index is 12.4. The molecule has 3 rings (SSSR count). The maximum atomic E-state index is 12.4. The van der Waals surface area contributed by atoms with Gasteiger partial charge < -0.3 is 19.3 Å². The van der Waals surface area contributed by atoms with E-state index in [2.05, 4.69) is 0 Å². The van der Waals surface area contributed by atoms with Crippen molar-refractivity contribution in [2.75, 3.05) is 33.0 Å². The first-order valence-corrected chi connectivity index (χ1v) is 6.17. The summed E-state index contributed by atoms with van der Waals surface area (Å²) in [5.41, 5.74) is 0.523. The number of piperazine rings is 1. The van der Waals surface area contributed by atoms with Crippen molar-refractivity contribution < 1.29 is 19.1 Å². The van der Waals surface area contributed by atoms with Gasteiger partial charge in [-0.2, -0.15) is 0 Å². The lowest BCUT2D eigenvalue weighted by Crippen LogP contribution is -2.48. The van der Waals surface area contributed by atoms with Crippen LogP contribution in [0.25, 0.3) is 0 Å². The third-order valence-corrected chi connectivity index (χ3v) is 3.38. The second-order valence-corrected chi connectivity index (χ2v) is 4.47. The number of ether oxygens (including phenoxy) is 2. The first kappa shape index (κ1) is 11.8. The average Bonchev–Trinajstić information content (AvgIpc) is 2.95. The molecule has 0 unspecified atom stereocenters. The van der Waals surface area contributed by atoms with Crippen molar-refractivity contribution in [3.05, 3.63) is 23.8 Å². The third kappa shape index (κ3) is 2.09. The van der Waals surface area contributed by atoms with Crippen molar-refractivity contribution in [2.45, 2.75) is 0 Å². The van der Waals surface area contributed by atoms with Gasteiger partial charge in [0.1, 0.15) is 0 Å². The molecule has 0 radical (unpaired) electrons. The molecule has 0 saturated carbocycles. The summed E-state index contributed by atoms with van der Waals surface area (Å²) < 4.78 is 10.6. The molecule has 6 nitrogen and oxygen atoms in total. The Balaban J connectivity index is 1.78. The fourth-order valence-electron chi connectivity index (χ4n) is 2.30. The number of carbonyl (C=O) groups is 2. The van der Waals surface area contributed by atoms with E-state index in [1.54, 1.807) is 28.0 Å². The van der Waals surface area contributed by atoms with Crippen molar-refractivity contribution in [3.63, 3.8) is 0 Å². The topological polar surface area (TPSA) is 59.1 Å².